The second-order valence-corrected chi connectivity index (χ2v) is 5.65. The summed E-state index contributed by atoms with van der Waals surface area (Å²) in [5, 5.41) is 2.98. The van der Waals surface area contributed by atoms with Crippen LogP contribution < -0.4 is 11.1 Å². The van der Waals surface area contributed by atoms with Gasteiger partial charge < -0.3 is 11.1 Å². The van der Waals surface area contributed by atoms with Gasteiger partial charge in [0, 0.05) is 19.1 Å². The summed E-state index contributed by atoms with van der Waals surface area (Å²) in [7, 11) is 0. The van der Waals surface area contributed by atoms with E-state index >= 15 is 0 Å². The van der Waals surface area contributed by atoms with Crippen molar-refractivity contribution in [2.45, 2.75) is 39.7 Å². The second kappa shape index (κ2) is 6.97. The van der Waals surface area contributed by atoms with Crippen molar-refractivity contribution in [2.75, 3.05) is 26.2 Å². The molecule has 0 spiro atoms. The summed E-state index contributed by atoms with van der Waals surface area (Å²) >= 11 is 0. The Hall–Kier alpha value is -0.610. The number of amides is 1. The van der Waals surface area contributed by atoms with Crippen molar-refractivity contribution in [3.8, 4) is 0 Å². The zero-order valence-corrected chi connectivity index (χ0v) is 11.4. The number of hydrogen-bond acceptors (Lipinski definition) is 3. The lowest BCUT2D eigenvalue weighted by Crippen LogP contribution is -2.39. The number of nitrogens with two attached hydrogens (primary N) is 1. The Kier molecular flexibility index (Phi) is 5.92. The van der Waals surface area contributed by atoms with E-state index in [1.807, 2.05) is 0 Å². The predicted molar refractivity (Wildman–Crippen MR) is 70.7 cm³/mol. The Morgan fingerprint density at radius 2 is 2.24 bits per heavy atom. The van der Waals surface area contributed by atoms with Gasteiger partial charge in [-0.3, -0.25) is 9.69 Å². The van der Waals surface area contributed by atoms with Crippen LogP contribution in [-0.4, -0.2) is 43.0 Å². The van der Waals surface area contributed by atoms with Gasteiger partial charge in [0.25, 0.3) is 0 Å². The number of carbonyl (C=O) groups excluding carboxylic acids is 1. The largest absolute Gasteiger partial charge is 0.355 e. The summed E-state index contributed by atoms with van der Waals surface area (Å²) in [6, 6.07) is 0.486. The summed E-state index contributed by atoms with van der Waals surface area (Å²) in [6.07, 6.45) is 2.17. The lowest BCUT2D eigenvalue weighted by Gasteiger charge is -2.20. The maximum absolute atomic E-state index is 11.7. The highest BCUT2D eigenvalue weighted by molar-refractivity contribution is 5.78. The van der Waals surface area contributed by atoms with Crippen molar-refractivity contribution < 1.29 is 4.79 Å². The molecule has 0 aromatic heterocycles. The van der Waals surface area contributed by atoms with Crippen molar-refractivity contribution >= 4 is 5.91 Å². The fourth-order valence-electron chi connectivity index (χ4n) is 2.35. The molecule has 1 rings (SSSR count). The first-order valence-electron chi connectivity index (χ1n) is 6.73. The number of nitrogens with one attached hydrogen (secondary N) is 1. The fraction of sp³-hybridized carbons (Fsp3) is 0.923. The molecule has 100 valence electrons. The van der Waals surface area contributed by atoms with Gasteiger partial charge in [0.05, 0.1) is 6.54 Å². The number of carbonyl (C=O) groups is 1. The van der Waals surface area contributed by atoms with Crippen LogP contribution in [0.2, 0.25) is 0 Å². The van der Waals surface area contributed by atoms with Gasteiger partial charge in [-0.05, 0) is 38.1 Å². The van der Waals surface area contributed by atoms with E-state index in [1.54, 1.807) is 0 Å². The fourth-order valence-corrected chi connectivity index (χ4v) is 2.35. The molecule has 1 saturated heterocycles. The predicted octanol–water partition coefficient (Wildman–Crippen LogP) is 0.818. The normalized spacial score (nSPS) is 25.5. The molecule has 0 aliphatic carbocycles. The number of nitrogens with zero attached hydrogens (tertiary/aromatic N) is 1. The smallest absolute Gasteiger partial charge is 0.234 e. The van der Waals surface area contributed by atoms with Gasteiger partial charge in [0.2, 0.25) is 5.91 Å². The molecule has 0 aromatic rings. The van der Waals surface area contributed by atoms with E-state index in [-0.39, 0.29) is 5.91 Å². The molecule has 17 heavy (non-hydrogen) atoms. The topological polar surface area (TPSA) is 58.4 Å². The average Bonchev–Trinajstić information content (AvgIpc) is 2.59. The molecule has 0 aromatic carbocycles. The molecule has 4 nitrogen and oxygen atoms in total. The monoisotopic (exact) mass is 241 g/mol. The molecule has 0 bridgehead atoms. The van der Waals surface area contributed by atoms with Gasteiger partial charge >= 0.3 is 0 Å². The highest BCUT2D eigenvalue weighted by Gasteiger charge is 2.28. The van der Waals surface area contributed by atoms with Gasteiger partial charge in [0.15, 0.2) is 0 Å². The summed E-state index contributed by atoms with van der Waals surface area (Å²) in [5.41, 5.74) is 5.68. The minimum Gasteiger partial charge on any atom is -0.355 e. The summed E-state index contributed by atoms with van der Waals surface area (Å²) in [6.45, 7) is 9.53. The van der Waals surface area contributed by atoms with Crippen LogP contribution in [0.4, 0.5) is 0 Å². The Labute approximate surface area is 105 Å². The highest BCUT2D eigenvalue weighted by Crippen LogP contribution is 2.21. The minimum atomic E-state index is 0.148. The van der Waals surface area contributed by atoms with E-state index in [1.165, 1.54) is 0 Å². The van der Waals surface area contributed by atoms with Crippen molar-refractivity contribution in [2.24, 2.45) is 17.6 Å². The Morgan fingerprint density at radius 3 is 2.76 bits per heavy atom. The number of rotatable bonds is 6. The molecule has 1 heterocycles. The van der Waals surface area contributed by atoms with Gasteiger partial charge in [-0.15, -0.1) is 0 Å². The maximum Gasteiger partial charge on any atom is 0.234 e. The second-order valence-electron chi connectivity index (χ2n) is 5.65. The van der Waals surface area contributed by atoms with Crippen molar-refractivity contribution in [3.05, 3.63) is 0 Å². The van der Waals surface area contributed by atoms with E-state index in [4.69, 9.17) is 5.73 Å². The first-order valence-corrected chi connectivity index (χ1v) is 6.73. The number of hydrogen-bond donors (Lipinski definition) is 2. The van der Waals surface area contributed by atoms with E-state index < -0.39 is 0 Å². The summed E-state index contributed by atoms with van der Waals surface area (Å²) in [5.74, 6) is 1.35. The van der Waals surface area contributed by atoms with E-state index in [9.17, 15) is 4.79 Å². The lowest BCUT2D eigenvalue weighted by molar-refractivity contribution is -0.122. The van der Waals surface area contributed by atoms with Crippen LogP contribution in [-0.2, 0) is 4.79 Å². The quantitative estimate of drug-likeness (QED) is 0.724. The van der Waals surface area contributed by atoms with E-state index in [0.29, 0.717) is 24.4 Å². The molecule has 1 fully saturated rings. The summed E-state index contributed by atoms with van der Waals surface area (Å²) < 4.78 is 0. The zero-order valence-electron chi connectivity index (χ0n) is 11.4. The Morgan fingerprint density at radius 1 is 1.53 bits per heavy atom. The van der Waals surface area contributed by atoms with Crippen LogP contribution in [0.15, 0.2) is 0 Å². The van der Waals surface area contributed by atoms with Gasteiger partial charge in [-0.2, -0.15) is 0 Å². The molecule has 0 saturated carbocycles. The molecule has 4 heteroatoms. The SMILES string of the molecule is CC(C)CCNC(=O)CN1CC(CN)CC1C. The maximum atomic E-state index is 11.7. The molecule has 2 atom stereocenters. The highest BCUT2D eigenvalue weighted by atomic mass is 16.2. The third kappa shape index (κ3) is 5.04. The van der Waals surface area contributed by atoms with Crippen LogP contribution in [0, 0.1) is 11.8 Å². The Bertz CT molecular complexity index is 243. The third-order valence-electron chi connectivity index (χ3n) is 3.51. The van der Waals surface area contributed by atoms with Gasteiger partial charge in [-0.1, -0.05) is 13.8 Å². The van der Waals surface area contributed by atoms with E-state index in [0.717, 1.165) is 32.5 Å². The standard InChI is InChI=1S/C13H27N3O/c1-10(2)4-5-15-13(17)9-16-8-12(7-14)6-11(16)3/h10-12H,4-9,14H2,1-3H3,(H,15,17). The van der Waals surface area contributed by atoms with Crippen LogP contribution in [0.25, 0.3) is 0 Å². The van der Waals surface area contributed by atoms with Gasteiger partial charge in [0.1, 0.15) is 0 Å². The van der Waals surface area contributed by atoms with Gasteiger partial charge in [-0.25, -0.2) is 0 Å². The van der Waals surface area contributed by atoms with Crippen LogP contribution >= 0.6 is 0 Å². The van der Waals surface area contributed by atoms with Crippen molar-refractivity contribution in [1.29, 1.82) is 0 Å². The first-order chi connectivity index (χ1) is 8.02. The van der Waals surface area contributed by atoms with E-state index in [2.05, 4.69) is 31.0 Å². The number of likely N-dealkylation sites (tertiary alicyclic amines) is 1. The minimum absolute atomic E-state index is 0.148. The molecular formula is C13H27N3O. The Balaban J connectivity index is 2.22. The molecule has 1 amide bonds. The molecule has 1 aliphatic heterocycles. The average molecular weight is 241 g/mol. The van der Waals surface area contributed by atoms with Crippen molar-refractivity contribution in [3.63, 3.8) is 0 Å². The molecule has 2 unspecified atom stereocenters. The molecule has 1 aliphatic rings. The lowest BCUT2D eigenvalue weighted by atomic mass is 10.1. The van der Waals surface area contributed by atoms with Crippen molar-refractivity contribution in [1.82, 2.24) is 10.2 Å². The first kappa shape index (κ1) is 14.5. The van der Waals surface area contributed by atoms with Crippen LogP contribution in [0.3, 0.4) is 0 Å². The van der Waals surface area contributed by atoms with Crippen LogP contribution in [0.1, 0.15) is 33.6 Å². The molecule has 0 radical (unpaired) electrons. The molecule has 3 N–H and O–H groups in total. The summed E-state index contributed by atoms with van der Waals surface area (Å²) in [4.78, 5) is 14.0. The zero-order chi connectivity index (χ0) is 12.8. The third-order valence-corrected chi connectivity index (χ3v) is 3.51. The molecular weight excluding hydrogens is 214 g/mol. The van der Waals surface area contributed by atoms with Crippen LogP contribution in [0.5, 0.6) is 0 Å².